The highest BCUT2D eigenvalue weighted by molar-refractivity contribution is 9.10. The predicted octanol–water partition coefficient (Wildman–Crippen LogP) is 3.91. The molecule has 1 rings (SSSR count). The molecule has 0 saturated heterocycles. The smallest absolute Gasteiger partial charge is 0.0898 e. The summed E-state index contributed by atoms with van der Waals surface area (Å²) >= 11 is 3.55. The molecule has 0 aromatic heterocycles. The fraction of sp³-hybridized carbons (Fsp3) is 0.647. The number of nitrogens with one attached hydrogen (secondary N) is 1. The van der Waals surface area contributed by atoms with E-state index in [1.807, 2.05) is 18.2 Å². The largest absolute Gasteiger partial charge is 0.389 e. The zero-order valence-electron chi connectivity index (χ0n) is 13.5. The Morgan fingerprint density at radius 1 is 1.19 bits per heavy atom. The van der Waals surface area contributed by atoms with Crippen molar-refractivity contribution in [1.82, 2.24) is 5.32 Å². The van der Waals surface area contributed by atoms with Crippen LogP contribution in [0.2, 0.25) is 0 Å². The number of halogens is 1. The van der Waals surface area contributed by atoms with Gasteiger partial charge in [-0.3, -0.25) is 0 Å². The lowest BCUT2D eigenvalue weighted by atomic mass is 10.1. The van der Waals surface area contributed by atoms with Crippen molar-refractivity contribution in [3.8, 4) is 0 Å². The van der Waals surface area contributed by atoms with Crippen LogP contribution in [-0.2, 0) is 4.74 Å². The highest BCUT2D eigenvalue weighted by Gasteiger charge is 2.13. The molecule has 2 N–H and O–H groups in total. The topological polar surface area (TPSA) is 41.5 Å². The molecule has 4 heteroatoms. The third kappa shape index (κ3) is 7.41. The van der Waals surface area contributed by atoms with Crippen molar-refractivity contribution >= 4 is 15.9 Å². The van der Waals surface area contributed by atoms with Gasteiger partial charge in [0, 0.05) is 17.1 Å². The Morgan fingerprint density at radius 2 is 1.86 bits per heavy atom. The third-order valence-electron chi connectivity index (χ3n) is 3.41. The Hall–Kier alpha value is -0.420. The standard InChI is InChI=1S/C17H28BrNO2/c1-12(2)9-13(3)21-11-15(20)10-19-14(4)16-7-5-6-8-17(16)18/h5-8,12-15,19-20H,9-11H2,1-4H3/t13?,14-,15?/m0/s1. The fourth-order valence-corrected chi connectivity index (χ4v) is 2.94. The van der Waals surface area contributed by atoms with Crippen LogP contribution >= 0.6 is 15.9 Å². The molecule has 0 bridgehead atoms. The van der Waals surface area contributed by atoms with E-state index in [-0.39, 0.29) is 12.1 Å². The van der Waals surface area contributed by atoms with Crippen LogP contribution in [0.25, 0.3) is 0 Å². The maximum Gasteiger partial charge on any atom is 0.0898 e. The van der Waals surface area contributed by atoms with Crippen LogP contribution in [0.5, 0.6) is 0 Å². The van der Waals surface area contributed by atoms with E-state index in [1.165, 1.54) is 5.56 Å². The van der Waals surface area contributed by atoms with Crippen LogP contribution in [0, 0.1) is 5.92 Å². The van der Waals surface area contributed by atoms with Gasteiger partial charge in [-0.2, -0.15) is 0 Å². The number of ether oxygens (including phenoxy) is 1. The predicted molar refractivity (Wildman–Crippen MR) is 91.4 cm³/mol. The summed E-state index contributed by atoms with van der Waals surface area (Å²) in [5.74, 6) is 0.616. The van der Waals surface area contributed by atoms with E-state index in [9.17, 15) is 5.11 Å². The second kappa shape index (κ2) is 9.57. The van der Waals surface area contributed by atoms with Crippen molar-refractivity contribution in [2.45, 2.75) is 52.4 Å². The lowest BCUT2D eigenvalue weighted by Gasteiger charge is -2.21. The van der Waals surface area contributed by atoms with E-state index in [2.05, 4.69) is 55.0 Å². The second-order valence-electron chi connectivity index (χ2n) is 6.08. The molecule has 0 fully saturated rings. The first kappa shape index (κ1) is 18.6. The minimum Gasteiger partial charge on any atom is -0.389 e. The van der Waals surface area contributed by atoms with Crippen LogP contribution in [0.4, 0.5) is 0 Å². The molecule has 0 saturated carbocycles. The summed E-state index contributed by atoms with van der Waals surface area (Å²) in [6.45, 7) is 9.41. The summed E-state index contributed by atoms with van der Waals surface area (Å²) in [7, 11) is 0. The van der Waals surface area contributed by atoms with Gasteiger partial charge in [0.1, 0.15) is 0 Å². The Labute approximate surface area is 137 Å². The van der Waals surface area contributed by atoms with Gasteiger partial charge in [-0.1, -0.05) is 48.0 Å². The first-order valence-corrected chi connectivity index (χ1v) is 8.47. The molecule has 0 aliphatic rings. The van der Waals surface area contributed by atoms with Gasteiger partial charge in [0.05, 0.1) is 18.8 Å². The molecular weight excluding hydrogens is 330 g/mol. The molecule has 0 heterocycles. The van der Waals surface area contributed by atoms with Crippen molar-refractivity contribution < 1.29 is 9.84 Å². The second-order valence-corrected chi connectivity index (χ2v) is 6.93. The summed E-state index contributed by atoms with van der Waals surface area (Å²) in [4.78, 5) is 0. The van der Waals surface area contributed by atoms with Crippen LogP contribution in [-0.4, -0.2) is 30.5 Å². The van der Waals surface area contributed by atoms with Crippen molar-refractivity contribution in [3.63, 3.8) is 0 Å². The van der Waals surface area contributed by atoms with Gasteiger partial charge in [0.15, 0.2) is 0 Å². The van der Waals surface area contributed by atoms with Gasteiger partial charge in [-0.25, -0.2) is 0 Å². The van der Waals surface area contributed by atoms with Gasteiger partial charge in [-0.05, 0) is 37.8 Å². The van der Waals surface area contributed by atoms with E-state index in [0.717, 1.165) is 10.9 Å². The molecule has 1 aromatic carbocycles. The molecule has 0 aliphatic carbocycles. The first-order valence-electron chi connectivity index (χ1n) is 7.67. The van der Waals surface area contributed by atoms with Crippen molar-refractivity contribution in [1.29, 1.82) is 0 Å². The summed E-state index contributed by atoms with van der Waals surface area (Å²) in [6, 6.07) is 8.31. The summed E-state index contributed by atoms with van der Waals surface area (Å²) in [5.41, 5.74) is 1.19. The first-order chi connectivity index (χ1) is 9.90. The molecule has 21 heavy (non-hydrogen) atoms. The lowest BCUT2D eigenvalue weighted by molar-refractivity contribution is -0.00915. The Bertz CT molecular complexity index is 412. The molecule has 120 valence electrons. The maximum atomic E-state index is 10.00. The monoisotopic (exact) mass is 357 g/mol. The molecule has 0 spiro atoms. The third-order valence-corrected chi connectivity index (χ3v) is 4.13. The van der Waals surface area contributed by atoms with E-state index >= 15 is 0 Å². The van der Waals surface area contributed by atoms with Crippen molar-refractivity contribution in [3.05, 3.63) is 34.3 Å². The molecule has 2 unspecified atom stereocenters. The average molecular weight is 358 g/mol. The minimum atomic E-state index is -0.482. The molecule has 0 amide bonds. The fourth-order valence-electron chi connectivity index (χ4n) is 2.32. The van der Waals surface area contributed by atoms with E-state index in [0.29, 0.717) is 19.1 Å². The molecular formula is C17H28BrNO2. The van der Waals surface area contributed by atoms with E-state index in [1.54, 1.807) is 0 Å². The number of benzene rings is 1. The van der Waals surface area contributed by atoms with Crippen molar-refractivity contribution in [2.75, 3.05) is 13.2 Å². The molecule has 3 atom stereocenters. The van der Waals surface area contributed by atoms with Gasteiger partial charge in [0.2, 0.25) is 0 Å². The number of aliphatic hydroxyl groups is 1. The lowest BCUT2D eigenvalue weighted by Crippen LogP contribution is -2.33. The highest BCUT2D eigenvalue weighted by Crippen LogP contribution is 2.22. The SMILES string of the molecule is CC(C)CC(C)OCC(O)CN[C@@H](C)c1ccccc1Br. The van der Waals surface area contributed by atoms with Crippen LogP contribution in [0.1, 0.15) is 45.7 Å². The van der Waals surface area contributed by atoms with E-state index < -0.39 is 6.10 Å². The zero-order valence-corrected chi connectivity index (χ0v) is 15.1. The highest BCUT2D eigenvalue weighted by atomic mass is 79.9. The number of hydrogen-bond acceptors (Lipinski definition) is 3. The molecule has 0 aliphatic heterocycles. The van der Waals surface area contributed by atoms with E-state index in [4.69, 9.17) is 4.74 Å². The zero-order chi connectivity index (χ0) is 15.8. The Morgan fingerprint density at radius 3 is 2.48 bits per heavy atom. The maximum absolute atomic E-state index is 10.00. The average Bonchev–Trinajstić information content (AvgIpc) is 2.42. The number of rotatable bonds is 9. The Kier molecular flexibility index (Phi) is 8.49. The Balaban J connectivity index is 2.29. The summed E-state index contributed by atoms with van der Waals surface area (Å²) in [6.07, 6.45) is 0.734. The van der Waals surface area contributed by atoms with Gasteiger partial charge >= 0.3 is 0 Å². The van der Waals surface area contributed by atoms with Crippen molar-refractivity contribution in [2.24, 2.45) is 5.92 Å². The van der Waals surface area contributed by atoms with Gasteiger partial charge < -0.3 is 15.2 Å². The normalized spacial score (nSPS) is 16.0. The molecule has 3 nitrogen and oxygen atoms in total. The minimum absolute atomic E-state index is 0.184. The van der Waals surface area contributed by atoms with Crippen LogP contribution in [0.3, 0.4) is 0 Å². The van der Waals surface area contributed by atoms with Crippen LogP contribution in [0.15, 0.2) is 28.7 Å². The van der Waals surface area contributed by atoms with Gasteiger partial charge in [0.25, 0.3) is 0 Å². The van der Waals surface area contributed by atoms with Crippen LogP contribution < -0.4 is 5.32 Å². The quantitative estimate of drug-likeness (QED) is 0.703. The summed E-state index contributed by atoms with van der Waals surface area (Å²) < 4.78 is 6.76. The number of aliphatic hydroxyl groups excluding tert-OH is 1. The molecule has 1 aromatic rings. The molecule has 0 radical (unpaired) electrons. The summed E-state index contributed by atoms with van der Waals surface area (Å²) in [5, 5.41) is 13.3. The number of hydrogen-bond donors (Lipinski definition) is 2. The van der Waals surface area contributed by atoms with Gasteiger partial charge in [-0.15, -0.1) is 0 Å².